The number of carbonyl (C=O) groups excluding carboxylic acids is 1. The van der Waals surface area contributed by atoms with E-state index in [0.717, 1.165) is 24.3 Å². The number of rotatable bonds is 5. The molecule has 0 N–H and O–H groups in total. The smallest absolute Gasteiger partial charge is 0.497 e. The molecule has 2 aromatic carbocycles. The van der Waals surface area contributed by atoms with Crippen LogP contribution in [0.4, 0.5) is 13.2 Å². The molecule has 12 heteroatoms. The van der Waals surface area contributed by atoms with E-state index in [1.54, 1.807) is 18.2 Å². The van der Waals surface area contributed by atoms with Crippen molar-refractivity contribution < 1.29 is 35.9 Å². The summed E-state index contributed by atoms with van der Waals surface area (Å²) in [7, 11) is -2.44. The largest absolute Gasteiger partial charge is 0.573 e. The average molecular weight is 523 g/mol. The standard InChI is InChI=1S/C19H18BrF3N2O5S/c1-29-14-4-7-17(20)16(12-14)18(26)24-8-10-25(11-9-24)31(27,28)15-5-2-13(3-6-15)30-19(21,22)23/h2-7,12H,8-11H2,1H3. The van der Waals surface area contributed by atoms with Crippen molar-refractivity contribution in [3.63, 3.8) is 0 Å². The van der Waals surface area contributed by atoms with Gasteiger partial charge in [0.2, 0.25) is 10.0 Å². The van der Waals surface area contributed by atoms with Crippen LogP contribution in [0.1, 0.15) is 10.4 Å². The lowest BCUT2D eigenvalue weighted by atomic mass is 10.1. The summed E-state index contributed by atoms with van der Waals surface area (Å²) < 4.78 is 73.1. The molecular formula is C19H18BrF3N2O5S. The van der Waals surface area contributed by atoms with Crippen molar-refractivity contribution in [3.05, 3.63) is 52.5 Å². The zero-order chi connectivity index (χ0) is 22.8. The van der Waals surface area contributed by atoms with Crippen molar-refractivity contribution in [2.45, 2.75) is 11.3 Å². The maximum absolute atomic E-state index is 12.8. The lowest BCUT2D eigenvalue weighted by molar-refractivity contribution is -0.274. The topological polar surface area (TPSA) is 76.2 Å². The Bertz CT molecular complexity index is 1050. The van der Waals surface area contributed by atoms with Crippen LogP contribution < -0.4 is 9.47 Å². The van der Waals surface area contributed by atoms with E-state index in [1.165, 1.54) is 16.3 Å². The molecule has 1 aliphatic rings. The van der Waals surface area contributed by atoms with Crippen molar-refractivity contribution in [1.29, 1.82) is 0 Å². The summed E-state index contributed by atoms with van der Waals surface area (Å²) in [6.45, 7) is 0.431. The van der Waals surface area contributed by atoms with E-state index in [9.17, 15) is 26.4 Å². The Morgan fingerprint density at radius 1 is 1.00 bits per heavy atom. The predicted octanol–water partition coefficient (Wildman–Crippen LogP) is 3.50. The van der Waals surface area contributed by atoms with Gasteiger partial charge in [0.05, 0.1) is 17.6 Å². The summed E-state index contributed by atoms with van der Waals surface area (Å²) in [6, 6.07) is 9.00. The SMILES string of the molecule is COc1ccc(Br)c(C(=O)N2CCN(S(=O)(=O)c3ccc(OC(F)(F)F)cc3)CC2)c1. The van der Waals surface area contributed by atoms with Crippen molar-refractivity contribution in [2.75, 3.05) is 33.3 Å². The molecule has 31 heavy (non-hydrogen) atoms. The van der Waals surface area contributed by atoms with Gasteiger partial charge in [-0.05, 0) is 58.4 Å². The molecular weight excluding hydrogens is 505 g/mol. The van der Waals surface area contributed by atoms with Crippen LogP contribution in [-0.2, 0) is 10.0 Å². The Morgan fingerprint density at radius 2 is 1.58 bits per heavy atom. The number of carbonyl (C=O) groups is 1. The number of ether oxygens (including phenoxy) is 2. The molecule has 0 unspecified atom stereocenters. The summed E-state index contributed by atoms with van der Waals surface area (Å²) in [5.41, 5.74) is 0.399. The molecule has 0 bridgehead atoms. The number of hydrogen-bond acceptors (Lipinski definition) is 5. The highest BCUT2D eigenvalue weighted by Crippen LogP contribution is 2.27. The molecule has 0 saturated carbocycles. The molecule has 168 valence electrons. The van der Waals surface area contributed by atoms with Crippen LogP contribution in [-0.4, -0.2) is 63.2 Å². The maximum Gasteiger partial charge on any atom is 0.573 e. The molecule has 0 aromatic heterocycles. The highest BCUT2D eigenvalue weighted by atomic mass is 79.9. The van der Waals surface area contributed by atoms with E-state index in [-0.39, 0.29) is 37.0 Å². The summed E-state index contributed by atoms with van der Waals surface area (Å²) in [6.07, 6.45) is -4.86. The number of sulfonamides is 1. The first-order valence-corrected chi connectivity index (χ1v) is 11.2. The van der Waals surface area contributed by atoms with Gasteiger partial charge in [0.1, 0.15) is 11.5 Å². The van der Waals surface area contributed by atoms with Crippen LogP contribution in [0.5, 0.6) is 11.5 Å². The van der Waals surface area contributed by atoms with Crippen LogP contribution in [0.25, 0.3) is 0 Å². The average Bonchev–Trinajstić information content (AvgIpc) is 2.73. The van der Waals surface area contributed by atoms with Gasteiger partial charge >= 0.3 is 6.36 Å². The van der Waals surface area contributed by atoms with Crippen LogP contribution in [0.2, 0.25) is 0 Å². The van der Waals surface area contributed by atoms with Gasteiger partial charge in [0.25, 0.3) is 5.91 Å². The normalized spacial score (nSPS) is 15.6. The lowest BCUT2D eigenvalue weighted by Crippen LogP contribution is -2.50. The highest BCUT2D eigenvalue weighted by molar-refractivity contribution is 9.10. The highest BCUT2D eigenvalue weighted by Gasteiger charge is 2.33. The van der Waals surface area contributed by atoms with E-state index in [0.29, 0.717) is 15.8 Å². The minimum atomic E-state index is -4.86. The summed E-state index contributed by atoms with van der Waals surface area (Å²) in [4.78, 5) is 14.2. The fraction of sp³-hybridized carbons (Fsp3) is 0.316. The Labute approximate surface area is 185 Å². The quantitative estimate of drug-likeness (QED) is 0.600. The fourth-order valence-corrected chi connectivity index (χ4v) is 4.90. The molecule has 0 spiro atoms. The summed E-state index contributed by atoms with van der Waals surface area (Å²) in [5, 5.41) is 0. The number of piperazine rings is 1. The molecule has 1 saturated heterocycles. The van der Waals surface area contributed by atoms with Gasteiger partial charge in [-0.3, -0.25) is 4.79 Å². The van der Waals surface area contributed by atoms with Crippen LogP contribution in [0, 0.1) is 0 Å². The summed E-state index contributed by atoms with van der Waals surface area (Å²) in [5.74, 6) is -0.257. The molecule has 0 aliphatic carbocycles. The number of amides is 1. The van der Waals surface area contributed by atoms with Gasteiger partial charge in [-0.25, -0.2) is 8.42 Å². The zero-order valence-electron chi connectivity index (χ0n) is 16.2. The van der Waals surface area contributed by atoms with Gasteiger partial charge < -0.3 is 14.4 Å². The molecule has 3 rings (SSSR count). The second-order valence-corrected chi connectivity index (χ2v) is 9.35. The molecule has 1 amide bonds. The lowest BCUT2D eigenvalue weighted by Gasteiger charge is -2.34. The van der Waals surface area contributed by atoms with Gasteiger partial charge in [0, 0.05) is 30.7 Å². The monoisotopic (exact) mass is 522 g/mol. The van der Waals surface area contributed by atoms with Crippen LogP contribution in [0.15, 0.2) is 51.8 Å². The zero-order valence-corrected chi connectivity index (χ0v) is 18.6. The number of benzene rings is 2. The van der Waals surface area contributed by atoms with Gasteiger partial charge in [-0.1, -0.05) is 0 Å². The molecule has 1 fully saturated rings. The Hall–Kier alpha value is -2.31. The van der Waals surface area contributed by atoms with E-state index in [2.05, 4.69) is 20.7 Å². The maximum atomic E-state index is 12.8. The van der Waals surface area contributed by atoms with E-state index in [1.807, 2.05) is 0 Å². The summed E-state index contributed by atoms with van der Waals surface area (Å²) >= 11 is 3.33. The first kappa shape index (κ1) is 23.4. The number of alkyl halides is 3. The Balaban J connectivity index is 1.68. The van der Waals surface area contributed by atoms with Crippen molar-refractivity contribution in [3.8, 4) is 11.5 Å². The first-order valence-electron chi connectivity index (χ1n) is 9.00. The van der Waals surface area contributed by atoms with Gasteiger partial charge in [-0.2, -0.15) is 4.31 Å². The second-order valence-electron chi connectivity index (χ2n) is 6.56. The first-order chi connectivity index (χ1) is 14.5. The Kier molecular flexibility index (Phi) is 6.82. The molecule has 1 aliphatic heterocycles. The third kappa shape index (κ3) is 5.49. The van der Waals surface area contributed by atoms with Gasteiger partial charge in [-0.15, -0.1) is 13.2 Å². The van der Waals surface area contributed by atoms with Crippen LogP contribution in [0.3, 0.4) is 0 Å². The van der Waals surface area contributed by atoms with E-state index in [4.69, 9.17) is 4.74 Å². The third-order valence-electron chi connectivity index (χ3n) is 4.62. The van der Waals surface area contributed by atoms with Gasteiger partial charge in [0.15, 0.2) is 0 Å². The van der Waals surface area contributed by atoms with E-state index < -0.39 is 22.1 Å². The van der Waals surface area contributed by atoms with Crippen molar-refractivity contribution in [1.82, 2.24) is 9.21 Å². The molecule has 1 heterocycles. The minimum absolute atomic E-state index is 0.0520. The predicted molar refractivity (Wildman–Crippen MR) is 108 cm³/mol. The fourth-order valence-electron chi connectivity index (χ4n) is 3.06. The second kappa shape index (κ2) is 9.05. The van der Waals surface area contributed by atoms with E-state index >= 15 is 0 Å². The molecule has 2 aromatic rings. The molecule has 7 nitrogen and oxygen atoms in total. The number of methoxy groups -OCH3 is 1. The van der Waals surface area contributed by atoms with Crippen LogP contribution >= 0.6 is 15.9 Å². The number of halogens is 4. The molecule has 0 atom stereocenters. The number of nitrogens with zero attached hydrogens (tertiary/aromatic N) is 2. The number of hydrogen-bond donors (Lipinski definition) is 0. The Morgan fingerprint density at radius 3 is 2.13 bits per heavy atom. The molecule has 0 radical (unpaired) electrons. The van der Waals surface area contributed by atoms with Crippen molar-refractivity contribution >= 4 is 31.9 Å². The van der Waals surface area contributed by atoms with Crippen molar-refractivity contribution in [2.24, 2.45) is 0 Å². The third-order valence-corrected chi connectivity index (χ3v) is 7.23. The minimum Gasteiger partial charge on any atom is -0.497 e.